The van der Waals surface area contributed by atoms with Gasteiger partial charge in [0.05, 0.1) is 5.69 Å². The fraction of sp³-hybridized carbons (Fsp3) is 0.0909. The van der Waals surface area contributed by atoms with Crippen molar-refractivity contribution in [2.75, 3.05) is 4.72 Å². The molecule has 1 aromatic heterocycles. The van der Waals surface area contributed by atoms with Gasteiger partial charge in [0.1, 0.15) is 16.5 Å². The van der Waals surface area contributed by atoms with E-state index in [1.165, 1.54) is 17.4 Å². The molecule has 0 saturated carbocycles. The second-order valence-corrected chi connectivity index (χ2v) is 6.29. The van der Waals surface area contributed by atoms with Gasteiger partial charge in [-0.05, 0) is 23.6 Å². The molecule has 0 aliphatic rings. The zero-order chi connectivity index (χ0) is 14.0. The molecule has 0 unspecified atom stereocenters. The van der Waals surface area contributed by atoms with E-state index >= 15 is 0 Å². The SMILES string of the molecule is NCc1sccc1S(=O)(=O)Nc1cc(F)ccc1F. The van der Waals surface area contributed by atoms with Crippen molar-refractivity contribution in [2.24, 2.45) is 5.73 Å². The van der Waals surface area contributed by atoms with Gasteiger partial charge in [0, 0.05) is 17.5 Å². The molecule has 8 heteroatoms. The van der Waals surface area contributed by atoms with Crippen LogP contribution in [0, 0.1) is 11.6 Å². The highest BCUT2D eigenvalue weighted by molar-refractivity contribution is 7.93. The zero-order valence-electron chi connectivity index (χ0n) is 9.56. The van der Waals surface area contributed by atoms with Crippen molar-refractivity contribution < 1.29 is 17.2 Å². The van der Waals surface area contributed by atoms with E-state index < -0.39 is 27.3 Å². The van der Waals surface area contributed by atoms with E-state index in [0.29, 0.717) is 4.88 Å². The first kappa shape index (κ1) is 13.9. The highest BCUT2D eigenvalue weighted by Crippen LogP contribution is 2.25. The number of thiophene rings is 1. The second-order valence-electron chi connectivity index (χ2n) is 3.64. The molecule has 0 spiro atoms. The van der Waals surface area contributed by atoms with Gasteiger partial charge in [-0.1, -0.05) is 0 Å². The van der Waals surface area contributed by atoms with E-state index in [4.69, 9.17) is 5.73 Å². The predicted octanol–water partition coefficient (Wildman–Crippen LogP) is 2.29. The summed E-state index contributed by atoms with van der Waals surface area (Å²) < 4.78 is 52.5. The van der Waals surface area contributed by atoms with Crippen LogP contribution in [0.2, 0.25) is 0 Å². The average Bonchev–Trinajstić information content (AvgIpc) is 2.82. The lowest BCUT2D eigenvalue weighted by atomic mass is 10.3. The molecule has 1 aromatic carbocycles. The molecule has 2 rings (SSSR count). The first-order valence-electron chi connectivity index (χ1n) is 5.18. The highest BCUT2D eigenvalue weighted by Gasteiger charge is 2.20. The van der Waals surface area contributed by atoms with E-state index in [1.54, 1.807) is 5.38 Å². The van der Waals surface area contributed by atoms with Crippen molar-refractivity contribution in [3.05, 3.63) is 46.2 Å². The minimum atomic E-state index is -3.98. The molecule has 0 aliphatic carbocycles. The van der Waals surface area contributed by atoms with Gasteiger partial charge in [-0.15, -0.1) is 11.3 Å². The molecule has 19 heavy (non-hydrogen) atoms. The van der Waals surface area contributed by atoms with Gasteiger partial charge in [0.2, 0.25) is 0 Å². The molecule has 0 aliphatic heterocycles. The third-order valence-electron chi connectivity index (χ3n) is 2.35. The summed E-state index contributed by atoms with van der Waals surface area (Å²) in [5.41, 5.74) is 4.99. The van der Waals surface area contributed by atoms with E-state index in [-0.39, 0.29) is 11.4 Å². The van der Waals surface area contributed by atoms with E-state index in [2.05, 4.69) is 0 Å². The molecule has 0 saturated heterocycles. The Morgan fingerprint density at radius 3 is 2.68 bits per heavy atom. The van der Waals surface area contributed by atoms with Crippen molar-refractivity contribution in [1.82, 2.24) is 0 Å². The molecular formula is C11H10F2N2O2S2. The summed E-state index contributed by atoms with van der Waals surface area (Å²) in [7, 11) is -3.98. The molecule has 0 bridgehead atoms. The van der Waals surface area contributed by atoms with Crippen molar-refractivity contribution >= 4 is 27.0 Å². The molecule has 0 fully saturated rings. The molecule has 0 amide bonds. The van der Waals surface area contributed by atoms with Crippen LogP contribution in [0.4, 0.5) is 14.5 Å². The van der Waals surface area contributed by atoms with Crippen LogP contribution >= 0.6 is 11.3 Å². The third-order valence-corrected chi connectivity index (χ3v) is 4.87. The van der Waals surface area contributed by atoms with Crippen LogP contribution in [0.3, 0.4) is 0 Å². The largest absolute Gasteiger partial charge is 0.326 e. The molecule has 0 atom stereocenters. The summed E-state index contributed by atoms with van der Waals surface area (Å²) >= 11 is 1.18. The molecule has 3 N–H and O–H groups in total. The Labute approximate surface area is 112 Å². The van der Waals surface area contributed by atoms with Crippen LogP contribution in [-0.4, -0.2) is 8.42 Å². The van der Waals surface area contributed by atoms with Gasteiger partial charge in [0.25, 0.3) is 10.0 Å². The van der Waals surface area contributed by atoms with Crippen molar-refractivity contribution in [1.29, 1.82) is 0 Å². The van der Waals surface area contributed by atoms with Crippen LogP contribution < -0.4 is 10.5 Å². The maximum atomic E-state index is 13.4. The average molecular weight is 304 g/mol. The summed E-state index contributed by atoms with van der Waals surface area (Å²) in [6.45, 7) is 0.0551. The summed E-state index contributed by atoms with van der Waals surface area (Å²) in [5.74, 6) is -1.59. The first-order valence-corrected chi connectivity index (χ1v) is 7.54. The molecule has 4 nitrogen and oxygen atoms in total. The minimum Gasteiger partial charge on any atom is -0.326 e. The number of halogens is 2. The summed E-state index contributed by atoms with van der Waals surface area (Å²) in [5, 5.41) is 1.57. The Bertz CT molecular complexity index is 698. The van der Waals surface area contributed by atoms with Crippen LogP contribution in [0.5, 0.6) is 0 Å². The third kappa shape index (κ3) is 2.91. The maximum absolute atomic E-state index is 13.4. The number of nitrogens with two attached hydrogens (primary N) is 1. The van der Waals surface area contributed by atoms with E-state index in [0.717, 1.165) is 18.2 Å². The van der Waals surface area contributed by atoms with Crippen molar-refractivity contribution in [3.63, 3.8) is 0 Å². The maximum Gasteiger partial charge on any atom is 0.263 e. The molecular weight excluding hydrogens is 294 g/mol. The second kappa shape index (κ2) is 5.24. The highest BCUT2D eigenvalue weighted by atomic mass is 32.2. The standard InChI is InChI=1S/C11H10F2N2O2S2/c12-7-1-2-8(13)9(5-7)15-19(16,17)11-3-4-18-10(11)6-14/h1-5,15H,6,14H2. The quantitative estimate of drug-likeness (QED) is 0.910. The van der Waals surface area contributed by atoms with Gasteiger partial charge < -0.3 is 5.73 Å². The van der Waals surface area contributed by atoms with Crippen LogP contribution in [-0.2, 0) is 16.6 Å². The van der Waals surface area contributed by atoms with E-state index in [1.807, 2.05) is 4.72 Å². The van der Waals surface area contributed by atoms with Gasteiger partial charge in [-0.2, -0.15) is 0 Å². The van der Waals surface area contributed by atoms with Crippen molar-refractivity contribution in [3.8, 4) is 0 Å². The van der Waals surface area contributed by atoms with Gasteiger partial charge in [-0.25, -0.2) is 17.2 Å². The van der Waals surface area contributed by atoms with Crippen LogP contribution in [0.1, 0.15) is 4.88 Å². The Hall–Kier alpha value is -1.51. The molecule has 102 valence electrons. The Balaban J connectivity index is 2.39. The predicted molar refractivity (Wildman–Crippen MR) is 69.4 cm³/mol. The summed E-state index contributed by atoms with van der Waals surface area (Å²) in [4.78, 5) is 0.424. The van der Waals surface area contributed by atoms with Gasteiger partial charge in [0.15, 0.2) is 0 Å². The smallest absolute Gasteiger partial charge is 0.263 e. The Morgan fingerprint density at radius 2 is 2.00 bits per heavy atom. The monoisotopic (exact) mass is 304 g/mol. The molecule has 0 radical (unpaired) electrons. The number of rotatable bonds is 4. The number of hydrogen-bond donors (Lipinski definition) is 2. The number of hydrogen-bond acceptors (Lipinski definition) is 4. The lowest BCUT2D eigenvalue weighted by Crippen LogP contribution is -2.15. The summed E-state index contributed by atoms with van der Waals surface area (Å²) in [6.07, 6.45) is 0. The van der Waals surface area contributed by atoms with E-state index in [9.17, 15) is 17.2 Å². The summed E-state index contributed by atoms with van der Waals surface area (Å²) in [6, 6.07) is 3.90. The topological polar surface area (TPSA) is 72.2 Å². The van der Waals surface area contributed by atoms with Crippen LogP contribution in [0.25, 0.3) is 0 Å². The van der Waals surface area contributed by atoms with Crippen LogP contribution in [0.15, 0.2) is 34.5 Å². The Kier molecular flexibility index (Phi) is 3.83. The first-order chi connectivity index (χ1) is 8.94. The van der Waals surface area contributed by atoms with Gasteiger partial charge >= 0.3 is 0 Å². The van der Waals surface area contributed by atoms with Gasteiger partial charge in [-0.3, -0.25) is 4.72 Å². The number of nitrogens with one attached hydrogen (secondary N) is 1. The minimum absolute atomic E-state index is 0.0244. The lowest BCUT2D eigenvalue weighted by Gasteiger charge is -2.09. The Morgan fingerprint density at radius 1 is 1.26 bits per heavy atom. The molecule has 2 aromatic rings. The normalized spacial score (nSPS) is 11.5. The lowest BCUT2D eigenvalue weighted by molar-refractivity contribution is 0.594. The van der Waals surface area contributed by atoms with Crippen molar-refractivity contribution in [2.45, 2.75) is 11.4 Å². The number of benzene rings is 1. The number of sulfonamides is 1. The number of anilines is 1. The fourth-order valence-electron chi connectivity index (χ4n) is 1.49. The fourth-order valence-corrected chi connectivity index (χ4v) is 3.89. The zero-order valence-corrected chi connectivity index (χ0v) is 11.2. The molecule has 1 heterocycles.